The summed E-state index contributed by atoms with van der Waals surface area (Å²) in [6, 6.07) is 25.6. The van der Waals surface area contributed by atoms with E-state index >= 15 is 0 Å². The standard InChI is InChI=1S/C30H35BrN2O2S/c1-22-10-12-25(13-11-22)20-36-21-28(34)33(19-24-14-16-26(31)17-15-24)27(29(35)32-30(2,3)4)18-23-8-6-5-7-9-23/h5-17,27H,18-21H2,1-4H3,(H,32,35)/t27-/m0/s1. The number of rotatable bonds is 10. The highest BCUT2D eigenvalue weighted by atomic mass is 79.9. The van der Waals surface area contributed by atoms with E-state index < -0.39 is 11.6 Å². The minimum atomic E-state index is -0.622. The van der Waals surface area contributed by atoms with Gasteiger partial charge in [0.1, 0.15) is 6.04 Å². The lowest BCUT2D eigenvalue weighted by molar-refractivity contribution is -0.140. The van der Waals surface area contributed by atoms with Crippen LogP contribution in [0.3, 0.4) is 0 Å². The Morgan fingerprint density at radius 1 is 0.889 bits per heavy atom. The molecule has 0 aromatic heterocycles. The average molecular weight is 568 g/mol. The molecule has 3 aromatic carbocycles. The zero-order chi connectivity index (χ0) is 26.1. The van der Waals surface area contributed by atoms with Crippen molar-refractivity contribution >= 4 is 39.5 Å². The van der Waals surface area contributed by atoms with Crippen LogP contribution >= 0.6 is 27.7 Å². The van der Waals surface area contributed by atoms with Gasteiger partial charge in [0.2, 0.25) is 11.8 Å². The van der Waals surface area contributed by atoms with E-state index in [1.807, 2.05) is 75.4 Å². The number of carbonyl (C=O) groups excluding carboxylic acids is 2. The van der Waals surface area contributed by atoms with Crippen molar-refractivity contribution < 1.29 is 9.59 Å². The van der Waals surface area contributed by atoms with Gasteiger partial charge >= 0.3 is 0 Å². The molecule has 3 rings (SSSR count). The smallest absolute Gasteiger partial charge is 0.243 e. The maximum Gasteiger partial charge on any atom is 0.243 e. The first kappa shape index (κ1) is 28.0. The Hall–Kier alpha value is -2.57. The molecular weight excluding hydrogens is 532 g/mol. The van der Waals surface area contributed by atoms with E-state index in [-0.39, 0.29) is 11.8 Å². The van der Waals surface area contributed by atoms with Crippen LogP contribution in [0.15, 0.2) is 83.3 Å². The highest BCUT2D eigenvalue weighted by Gasteiger charge is 2.32. The molecular formula is C30H35BrN2O2S. The summed E-state index contributed by atoms with van der Waals surface area (Å²) in [6.07, 6.45) is 0.452. The molecule has 0 unspecified atom stereocenters. The molecule has 0 bridgehead atoms. The molecule has 36 heavy (non-hydrogen) atoms. The molecule has 0 heterocycles. The van der Waals surface area contributed by atoms with Crippen molar-refractivity contribution in [3.05, 3.63) is 106 Å². The fourth-order valence-electron chi connectivity index (χ4n) is 3.82. The highest BCUT2D eigenvalue weighted by molar-refractivity contribution is 9.10. The van der Waals surface area contributed by atoms with Gasteiger partial charge in [-0.1, -0.05) is 88.2 Å². The number of amides is 2. The predicted octanol–water partition coefficient (Wildman–Crippen LogP) is 6.55. The monoisotopic (exact) mass is 566 g/mol. The van der Waals surface area contributed by atoms with Crippen LogP contribution in [0, 0.1) is 6.92 Å². The summed E-state index contributed by atoms with van der Waals surface area (Å²) in [5.41, 5.74) is 4.00. The van der Waals surface area contributed by atoms with Gasteiger partial charge < -0.3 is 10.2 Å². The van der Waals surface area contributed by atoms with Crippen LogP contribution in [0.2, 0.25) is 0 Å². The minimum absolute atomic E-state index is 0.0416. The summed E-state index contributed by atoms with van der Waals surface area (Å²) in [4.78, 5) is 29.0. The van der Waals surface area contributed by atoms with Gasteiger partial charge in [0.25, 0.3) is 0 Å². The molecule has 3 aromatic rings. The number of thioether (sulfide) groups is 1. The van der Waals surface area contributed by atoms with Gasteiger partial charge in [0.15, 0.2) is 0 Å². The lowest BCUT2D eigenvalue weighted by atomic mass is 10.0. The van der Waals surface area contributed by atoms with Crippen LogP contribution in [0.25, 0.3) is 0 Å². The van der Waals surface area contributed by atoms with Crippen LogP contribution in [0.1, 0.15) is 43.0 Å². The van der Waals surface area contributed by atoms with Crippen LogP contribution in [0.4, 0.5) is 0 Å². The number of benzene rings is 3. The third-order valence-corrected chi connectivity index (χ3v) is 7.17. The Morgan fingerprint density at radius 3 is 2.11 bits per heavy atom. The van der Waals surface area contributed by atoms with Crippen LogP contribution in [-0.4, -0.2) is 34.0 Å². The normalized spacial score (nSPS) is 12.1. The van der Waals surface area contributed by atoms with E-state index in [0.29, 0.717) is 18.7 Å². The fourth-order valence-corrected chi connectivity index (χ4v) is 4.95. The van der Waals surface area contributed by atoms with Crippen LogP contribution in [0.5, 0.6) is 0 Å². The molecule has 190 valence electrons. The van der Waals surface area contributed by atoms with E-state index in [1.54, 1.807) is 16.7 Å². The van der Waals surface area contributed by atoms with Gasteiger partial charge in [-0.3, -0.25) is 9.59 Å². The summed E-state index contributed by atoms with van der Waals surface area (Å²) in [5.74, 6) is 0.870. The summed E-state index contributed by atoms with van der Waals surface area (Å²) in [6.45, 7) is 8.32. The molecule has 0 aliphatic rings. The second-order valence-electron chi connectivity index (χ2n) is 10.1. The first-order chi connectivity index (χ1) is 17.1. The van der Waals surface area contributed by atoms with E-state index in [2.05, 4.69) is 52.4 Å². The zero-order valence-electron chi connectivity index (χ0n) is 21.5. The largest absolute Gasteiger partial charge is 0.350 e. The minimum Gasteiger partial charge on any atom is -0.350 e. The number of carbonyl (C=O) groups is 2. The van der Waals surface area contributed by atoms with Gasteiger partial charge in [-0.15, -0.1) is 11.8 Å². The first-order valence-corrected chi connectivity index (χ1v) is 14.1. The van der Waals surface area contributed by atoms with E-state index in [9.17, 15) is 9.59 Å². The number of nitrogens with one attached hydrogen (secondary N) is 1. The second-order valence-corrected chi connectivity index (χ2v) is 12.0. The van der Waals surface area contributed by atoms with Gasteiger partial charge in [-0.2, -0.15) is 0 Å². The molecule has 0 aliphatic heterocycles. The van der Waals surface area contributed by atoms with Crippen LogP contribution < -0.4 is 5.32 Å². The molecule has 0 spiro atoms. The quantitative estimate of drug-likeness (QED) is 0.303. The second kappa shape index (κ2) is 13.1. The Bertz CT molecular complexity index is 1130. The number of aryl methyl sites for hydroxylation is 1. The molecule has 2 amide bonds. The van der Waals surface area contributed by atoms with E-state index in [4.69, 9.17) is 0 Å². The summed E-state index contributed by atoms with van der Waals surface area (Å²) >= 11 is 5.06. The lowest BCUT2D eigenvalue weighted by Crippen LogP contribution is -2.54. The number of hydrogen-bond acceptors (Lipinski definition) is 3. The molecule has 0 aliphatic carbocycles. The van der Waals surface area contributed by atoms with Crippen molar-refractivity contribution in [1.82, 2.24) is 10.2 Å². The third kappa shape index (κ3) is 9.14. The van der Waals surface area contributed by atoms with Gasteiger partial charge in [0.05, 0.1) is 5.75 Å². The molecule has 0 radical (unpaired) electrons. The van der Waals surface area contributed by atoms with Crippen molar-refractivity contribution in [2.24, 2.45) is 0 Å². The Morgan fingerprint density at radius 2 is 1.50 bits per heavy atom. The summed E-state index contributed by atoms with van der Waals surface area (Å²) in [7, 11) is 0. The Balaban J connectivity index is 1.85. The van der Waals surface area contributed by atoms with Crippen molar-refractivity contribution in [2.75, 3.05) is 5.75 Å². The molecule has 6 heteroatoms. The predicted molar refractivity (Wildman–Crippen MR) is 154 cm³/mol. The van der Waals surface area contributed by atoms with Crippen LogP contribution in [-0.2, 0) is 28.3 Å². The average Bonchev–Trinajstić information content (AvgIpc) is 2.83. The Labute approximate surface area is 228 Å². The summed E-state index contributed by atoms with van der Waals surface area (Å²) in [5, 5.41) is 3.11. The molecule has 1 N–H and O–H groups in total. The molecule has 0 saturated carbocycles. The van der Waals surface area contributed by atoms with Gasteiger partial charge in [0, 0.05) is 28.7 Å². The molecule has 1 atom stereocenters. The highest BCUT2D eigenvalue weighted by Crippen LogP contribution is 2.20. The molecule has 0 saturated heterocycles. The summed E-state index contributed by atoms with van der Waals surface area (Å²) < 4.78 is 0.976. The Kier molecular flexibility index (Phi) is 10.2. The van der Waals surface area contributed by atoms with Crippen molar-refractivity contribution in [3.63, 3.8) is 0 Å². The van der Waals surface area contributed by atoms with Gasteiger partial charge in [-0.05, 0) is 56.5 Å². The SMILES string of the molecule is Cc1ccc(CSCC(=O)N(Cc2ccc(Br)cc2)[C@@H](Cc2ccccc2)C(=O)NC(C)(C)C)cc1. The topological polar surface area (TPSA) is 49.4 Å². The number of nitrogens with zero attached hydrogens (tertiary/aromatic N) is 1. The molecule has 4 nitrogen and oxygen atoms in total. The van der Waals surface area contributed by atoms with E-state index in [0.717, 1.165) is 21.4 Å². The third-order valence-electron chi connectivity index (χ3n) is 5.65. The van der Waals surface area contributed by atoms with Crippen molar-refractivity contribution in [1.29, 1.82) is 0 Å². The van der Waals surface area contributed by atoms with E-state index in [1.165, 1.54) is 11.1 Å². The number of halogens is 1. The van der Waals surface area contributed by atoms with Gasteiger partial charge in [-0.25, -0.2) is 0 Å². The van der Waals surface area contributed by atoms with Crippen molar-refractivity contribution in [2.45, 2.75) is 58.0 Å². The fraction of sp³-hybridized carbons (Fsp3) is 0.333. The maximum atomic E-state index is 13.7. The maximum absolute atomic E-state index is 13.7. The number of hydrogen-bond donors (Lipinski definition) is 1. The first-order valence-electron chi connectivity index (χ1n) is 12.1. The molecule has 0 fully saturated rings. The zero-order valence-corrected chi connectivity index (χ0v) is 23.9. The lowest BCUT2D eigenvalue weighted by Gasteiger charge is -2.34. The van der Waals surface area contributed by atoms with Crippen molar-refractivity contribution in [3.8, 4) is 0 Å².